The molecule has 0 bridgehead atoms. The van der Waals surface area contributed by atoms with E-state index in [0.29, 0.717) is 48.8 Å². The van der Waals surface area contributed by atoms with E-state index in [0.717, 1.165) is 30.1 Å². The molecule has 3 heterocycles. The maximum Gasteiger partial charge on any atom is 0.416 e. The molecule has 0 aliphatic carbocycles. The Hall–Kier alpha value is -2.60. The Balaban J connectivity index is 1.18. The van der Waals surface area contributed by atoms with Crippen molar-refractivity contribution in [1.82, 2.24) is 9.88 Å². The van der Waals surface area contributed by atoms with Crippen molar-refractivity contribution in [3.8, 4) is 5.75 Å². The van der Waals surface area contributed by atoms with E-state index in [1.165, 1.54) is 36.4 Å². The first kappa shape index (κ1) is 25.5. The molecule has 0 atom stereocenters. The number of fused-ring (bicyclic) bond motifs is 1. The van der Waals surface area contributed by atoms with Crippen molar-refractivity contribution < 1.29 is 31.8 Å². The fraction of sp³-hybridized carbons (Fsp3) is 0.417. The highest BCUT2D eigenvalue weighted by Gasteiger charge is 2.30. The van der Waals surface area contributed by atoms with Gasteiger partial charge in [-0.25, -0.2) is 0 Å². The third-order valence-electron chi connectivity index (χ3n) is 5.34. The van der Waals surface area contributed by atoms with Crippen molar-refractivity contribution in [2.24, 2.45) is 0 Å². The van der Waals surface area contributed by atoms with Gasteiger partial charge in [0.2, 0.25) is 11.2 Å². The number of hydrogen-bond donors (Lipinski definition) is 0. The van der Waals surface area contributed by atoms with Gasteiger partial charge in [-0.05, 0) is 18.2 Å². The van der Waals surface area contributed by atoms with Crippen molar-refractivity contribution in [1.29, 1.82) is 0 Å². The summed E-state index contributed by atoms with van der Waals surface area (Å²) in [4.78, 5) is 19.3. The molecule has 2 aromatic heterocycles. The zero-order valence-corrected chi connectivity index (χ0v) is 19.7. The maximum atomic E-state index is 12.9. The summed E-state index contributed by atoms with van der Waals surface area (Å²) in [5.41, 5.74) is -0.661. The molecule has 11 heteroatoms. The van der Waals surface area contributed by atoms with Crippen LogP contribution in [-0.4, -0.2) is 61.8 Å². The van der Waals surface area contributed by atoms with E-state index < -0.39 is 11.7 Å². The minimum absolute atomic E-state index is 0.134. The van der Waals surface area contributed by atoms with Crippen LogP contribution in [-0.2, 0) is 22.2 Å². The second-order valence-corrected chi connectivity index (χ2v) is 8.95. The number of morpholine rings is 1. The summed E-state index contributed by atoms with van der Waals surface area (Å²) in [6.07, 6.45) is -1.58. The van der Waals surface area contributed by atoms with Gasteiger partial charge in [-0.1, -0.05) is 6.07 Å². The molecular weight excluding hydrogens is 485 g/mol. The van der Waals surface area contributed by atoms with Gasteiger partial charge >= 0.3 is 6.18 Å². The SMILES string of the molecule is O=c1cc(CN2CCOCC2)occ1OCCOCCSc1ccnc2cc(C(F)(F)F)ccc12. The first-order valence-electron chi connectivity index (χ1n) is 11.1. The third-order valence-corrected chi connectivity index (χ3v) is 6.37. The maximum absolute atomic E-state index is 12.9. The number of benzene rings is 1. The highest BCUT2D eigenvalue weighted by Crippen LogP contribution is 2.33. The van der Waals surface area contributed by atoms with E-state index >= 15 is 0 Å². The zero-order valence-electron chi connectivity index (χ0n) is 18.9. The first-order valence-corrected chi connectivity index (χ1v) is 12.1. The van der Waals surface area contributed by atoms with E-state index in [2.05, 4.69) is 9.88 Å². The fourth-order valence-electron chi connectivity index (χ4n) is 3.55. The summed E-state index contributed by atoms with van der Waals surface area (Å²) in [6, 6.07) is 6.77. The summed E-state index contributed by atoms with van der Waals surface area (Å²) in [7, 11) is 0. The Morgan fingerprint density at radius 3 is 2.69 bits per heavy atom. The fourth-order valence-corrected chi connectivity index (χ4v) is 4.46. The number of nitrogens with zero attached hydrogens (tertiary/aromatic N) is 2. The molecule has 0 unspecified atom stereocenters. The number of rotatable bonds is 10. The summed E-state index contributed by atoms with van der Waals surface area (Å²) in [6.45, 7) is 4.37. The van der Waals surface area contributed by atoms with Crippen LogP contribution < -0.4 is 10.2 Å². The highest BCUT2D eigenvalue weighted by atomic mass is 32.2. The lowest BCUT2D eigenvalue weighted by molar-refractivity contribution is -0.137. The van der Waals surface area contributed by atoms with E-state index in [1.807, 2.05) is 0 Å². The monoisotopic (exact) mass is 510 g/mol. The molecule has 188 valence electrons. The summed E-state index contributed by atoms with van der Waals surface area (Å²) >= 11 is 1.47. The normalized spacial score (nSPS) is 14.9. The van der Waals surface area contributed by atoms with Crippen LogP contribution in [0.4, 0.5) is 13.2 Å². The predicted molar refractivity (Wildman–Crippen MR) is 125 cm³/mol. The Bertz CT molecular complexity index is 1180. The van der Waals surface area contributed by atoms with Crippen molar-refractivity contribution in [3.05, 3.63) is 64.3 Å². The van der Waals surface area contributed by atoms with Crippen LogP contribution in [0.2, 0.25) is 0 Å². The summed E-state index contributed by atoms with van der Waals surface area (Å²) in [5.74, 6) is 1.31. The molecule has 0 radical (unpaired) electrons. The lowest BCUT2D eigenvalue weighted by atomic mass is 10.1. The molecule has 3 aromatic rings. The van der Waals surface area contributed by atoms with Crippen LogP contribution in [0.3, 0.4) is 0 Å². The van der Waals surface area contributed by atoms with Crippen molar-refractivity contribution in [2.45, 2.75) is 17.6 Å². The van der Waals surface area contributed by atoms with Crippen LogP contribution in [0.15, 0.2) is 56.9 Å². The van der Waals surface area contributed by atoms with Gasteiger partial charge < -0.3 is 18.6 Å². The first-order chi connectivity index (χ1) is 16.9. The van der Waals surface area contributed by atoms with E-state index in [4.69, 9.17) is 18.6 Å². The molecular formula is C24H25F3N2O5S. The molecule has 0 saturated carbocycles. The smallest absolute Gasteiger partial charge is 0.416 e. The predicted octanol–water partition coefficient (Wildman–Crippen LogP) is 4.23. The van der Waals surface area contributed by atoms with Gasteiger partial charge in [-0.3, -0.25) is 14.7 Å². The molecule has 4 rings (SSSR count). The van der Waals surface area contributed by atoms with Gasteiger partial charge in [-0.2, -0.15) is 13.2 Å². The number of aromatic nitrogens is 1. The Morgan fingerprint density at radius 1 is 1.09 bits per heavy atom. The molecule has 1 saturated heterocycles. The van der Waals surface area contributed by atoms with Crippen LogP contribution >= 0.6 is 11.8 Å². The Morgan fingerprint density at radius 2 is 1.91 bits per heavy atom. The van der Waals surface area contributed by atoms with Crippen molar-refractivity contribution in [3.63, 3.8) is 0 Å². The van der Waals surface area contributed by atoms with Gasteiger partial charge in [0.15, 0.2) is 0 Å². The molecule has 0 spiro atoms. The van der Waals surface area contributed by atoms with Gasteiger partial charge in [0.25, 0.3) is 0 Å². The molecule has 0 N–H and O–H groups in total. The van der Waals surface area contributed by atoms with Crippen LogP contribution in [0.25, 0.3) is 10.9 Å². The van der Waals surface area contributed by atoms with Gasteiger partial charge in [0, 0.05) is 41.4 Å². The molecule has 1 fully saturated rings. The lowest BCUT2D eigenvalue weighted by Crippen LogP contribution is -2.35. The second kappa shape index (κ2) is 11.9. The van der Waals surface area contributed by atoms with Gasteiger partial charge in [-0.15, -0.1) is 11.8 Å². The molecule has 1 aromatic carbocycles. The lowest BCUT2D eigenvalue weighted by Gasteiger charge is -2.25. The molecule has 35 heavy (non-hydrogen) atoms. The Kier molecular flexibility index (Phi) is 8.66. The number of pyridine rings is 1. The van der Waals surface area contributed by atoms with Gasteiger partial charge in [0.1, 0.15) is 18.6 Å². The average molecular weight is 511 g/mol. The molecule has 0 amide bonds. The van der Waals surface area contributed by atoms with Crippen molar-refractivity contribution >= 4 is 22.7 Å². The molecule has 7 nitrogen and oxygen atoms in total. The quantitative estimate of drug-likeness (QED) is 0.297. The van der Waals surface area contributed by atoms with Gasteiger partial charge in [0.05, 0.1) is 44.1 Å². The number of thioether (sulfide) groups is 1. The summed E-state index contributed by atoms with van der Waals surface area (Å²) < 4.78 is 60.6. The molecule has 1 aliphatic rings. The van der Waals surface area contributed by atoms with Crippen LogP contribution in [0.5, 0.6) is 5.75 Å². The summed E-state index contributed by atoms with van der Waals surface area (Å²) in [5, 5.41) is 0.664. The minimum Gasteiger partial charge on any atom is -0.484 e. The minimum atomic E-state index is -4.40. The standard InChI is InChI=1S/C24H25F3N2O5S/c25-24(26,27)17-1-2-19-20(13-17)28-4-3-23(19)35-12-11-32-9-10-33-22-16-34-18(14-21(22)30)15-29-5-7-31-8-6-29/h1-4,13-14,16H,5-12,15H2. The molecule has 1 aliphatic heterocycles. The number of halogens is 3. The highest BCUT2D eigenvalue weighted by molar-refractivity contribution is 7.99. The zero-order chi connectivity index (χ0) is 24.7. The van der Waals surface area contributed by atoms with E-state index in [1.54, 1.807) is 6.07 Å². The van der Waals surface area contributed by atoms with E-state index in [-0.39, 0.29) is 24.4 Å². The van der Waals surface area contributed by atoms with Crippen molar-refractivity contribution in [2.75, 3.05) is 51.9 Å². The Labute approximate surface area is 204 Å². The number of alkyl halides is 3. The van der Waals surface area contributed by atoms with E-state index in [9.17, 15) is 18.0 Å². The second-order valence-electron chi connectivity index (χ2n) is 7.81. The topological polar surface area (TPSA) is 74.0 Å². The van der Waals surface area contributed by atoms with Crippen LogP contribution in [0.1, 0.15) is 11.3 Å². The number of ether oxygens (including phenoxy) is 3. The third kappa shape index (κ3) is 7.20. The average Bonchev–Trinajstić information content (AvgIpc) is 2.84. The van der Waals surface area contributed by atoms with Crippen LogP contribution in [0, 0.1) is 0 Å². The number of hydrogen-bond acceptors (Lipinski definition) is 8. The largest absolute Gasteiger partial charge is 0.484 e.